The van der Waals surface area contributed by atoms with Crippen molar-refractivity contribution in [2.24, 2.45) is 29.6 Å². The molecule has 1 aromatic carbocycles. The van der Waals surface area contributed by atoms with E-state index in [1.54, 1.807) is 38.0 Å². The molecule has 0 radical (unpaired) electrons. The number of allylic oxidation sites excluding steroid dienone is 2. The van der Waals surface area contributed by atoms with Gasteiger partial charge in [-0.25, -0.2) is 4.79 Å². The molecule has 3 fully saturated rings. The van der Waals surface area contributed by atoms with E-state index >= 15 is 0 Å². The Hall–Kier alpha value is -4.72. The molecule has 4 aliphatic heterocycles. The Morgan fingerprint density at radius 3 is 2.29 bits per heavy atom. The van der Waals surface area contributed by atoms with Crippen molar-refractivity contribution in [3.05, 3.63) is 71.3 Å². The highest BCUT2D eigenvalue weighted by Crippen LogP contribution is 2.38. The molecule has 0 aromatic heterocycles. The summed E-state index contributed by atoms with van der Waals surface area (Å²) < 4.78 is 25.2. The largest absolute Gasteiger partial charge is 0.457 e. The van der Waals surface area contributed by atoms with Crippen molar-refractivity contribution in [3.8, 4) is 0 Å². The number of nitrogens with one attached hydrogen (secondary N) is 1. The molecule has 0 aliphatic carbocycles. The molecule has 4 aliphatic rings. The highest BCUT2D eigenvalue weighted by atomic mass is 32.2. The number of aliphatic hydroxyl groups excluding tert-OH is 1. The molecule has 0 bridgehead atoms. The molecule has 3 N–H and O–H groups in total. The number of aliphatic hydroxyl groups is 2. The summed E-state index contributed by atoms with van der Waals surface area (Å²) in [7, 11) is 3.79. The van der Waals surface area contributed by atoms with Gasteiger partial charge in [-0.3, -0.25) is 38.6 Å². The summed E-state index contributed by atoms with van der Waals surface area (Å²) in [5.41, 5.74) is 0.645. The minimum atomic E-state index is -1.16. The first kappa shape index (κ1) is 68.1. The maximum atomic E-state index is 14.1. The number of likely N-dealkylation sites (N-methyl/N-ethyl adjacent to an activating group) is 1. The number of methoxy groups -OCH3 is 1. The van der Waals surface area contributed by atoms with Crippen LogP contribution in [0, 0.1) is 29.6 Å². The van der Waals surface area contributed by atoms with Gasteiger partial charge in [0.2, 0.25) is 17.7 Å². The summed E-state index contributed by atoms with van der Waals surface area (Å²) in [6.45, 7) is 22.3. The standard InChI is InChI=1S/C64H98N4O13S/c1-14-51(70)45(7)59-53(79-59)39-63(9,77)28-18-19-43(5)58-44(6)21-26-55(64(10,78-12)29-27-42(4)35-57(73)81-58)80-62(76)66-31-33-68(11,34-32-66)40-48-24-22-47(23-25-48)36-52(71)46(8)65-60(74)50(41(2)3)37-49(69)20-16-15-17-30-67-56(72)38-54(82-13)61(67)75/h18-19,21-26,28,41-42,44-46,50-51,53-55,58-59,70,77H,14-17,20,27,29-40H2,1-13H3/p+1/b26-21+,28-18+,43-19+/t42-,44+,45-,46+,50+,51+,53-,54?,55+,58-,59-,63+,64-/m1/s1. The number of hydrogen-bond donors (Lipinski definition) is 3. The van der Waals surface area contributed by atoms with Gasteiger partial charge >= 0.3 is 12.1 Å². The van der Waals surface area contributed by atoms with Crippen molar-refractivity contribution in [2.75, 3.05) is 53.1 Å². The number of cyclic esters (lactones) is 1. The van der Waals surface area contributed by atoms with Crippen LogP contribution in [0.15, 0.2) is 60.2 Å². The smallest absolute Gasteiger partial charge is 0.410 e. The Morgan fingerprint density at radius 2 is 1.67 bits per heavy atom. The molecule has 458 valence electrons. The Bertz CT molecular complexity index is 2430. The molecule has 13 atom stereocenters. The zero-order chi connectivity index (χ0) is 60.7. The number of hydrogen-bond acceptors (Lipinski definition) is 14. The number of thioether (sulfide) groups is 1. The zero-order valence-corrected chi connectivity index (χ0v) is 52.3. The van der Waals surface area contributed by atoms with E-state index in [4.69, 9.17) is 18.9 Å². The summed E-state index contributed by atoms with van der Waals surface area (Å²) in [4.78, 5) is 95.0. The van der Waals surface area contributed by atoms with E-state index in [0.717, 1.165) is 23.2 Å². The van der Waals surface area contributed by atoms with E-state index in [-0.39, 0.29) is 102 Å². The molecule has 18 heteroatoms. The number of benzene rings is 1. The third-order valence-corrected chi connectivity index (χ3v) is 18.5. The van der Waals surface area contributed by atoms with Crippen LogP contribution >= 0.6 is 11.8 Å². The second-order valence-corrected chi connectivity index (χ2v) is 26.3. The van der Waals surface area contributed by atoms with E-state index in [0.29, 0.717) is 88.6 Å². The maximum absolute atomic E-state index is 14.1. The van der Waals surface area contributed by atoms with E-state index in [1.165, 1.54) is 16.7 Å². The van der Waals surface area contributed by atoms with E-state index in [1.807, 2.05) is 104 Å². The van der Waals surface area contributed by atoms with Gasteiger partial charge in [-0.1, -0.05) is 96.5 Å². The topological polar surface area (TPSA) is 219 Å². The lowest BCUT2D eigenvalue weighted by Gasteiger charge is -2.42. The van der Waals surface area contributed by atoms with E-state index < -0.39 is 47.6 Å². The number of epoxide rings is 1. The molecule has 1 aromatic rings. The molecule has 1 unspecified atom stereocenters. The number of piperazine rings is 1. The van der Waals surface area contributed by atoms with Crippen LogP contribution in [0.1, 0.15) is 151 Å². The van der Waals surface area contributed by atoms with Gasteiger partial charge in [0.15, 0.2) is 11.9 Å². The number of quaternary nitrogens is 1. The molecule has 82 heavy (non-hydrogen) atoms. The van der Waals surface area contributed by atoms with Crippen molar-refractivity contribution >= 4 is 53.1 Å². The lowest BCUT2D eigenvalue weighted by molar-refractivity contribution is -0.926. The lowest BCUT2D eigenvalue weighted by atomic mass is 9.86. The molecule has 17 nitrogen and oxygen atoms in total. The molecule has 5 rings (SSSR count). The third-order valence-electron chi connectivity index (χ3n) is 17.6. The number of carbonyl (C=O) groups excluding carboxylic acids is 7. The number of ether oxygens (including phenoxy) is 4. The summed E-state index contributed by atoms with van der Waals surface area (Å²) in [6.07, 6.45) is 13.5. The highest BCUT2D eigenvalue weighted by Gasteiger charge is 2.47. The van der Waals surface area contributed by atoms with Crippen LogP contribution in [0.4, 0.5) is 4.79 Å². The Balaban J connectivity index is 1.11. The van der Waals surface area contributed by atoms with Crippen LogP contribution in [-0.2, 0) is 60.7 Å². The number of rotatable bonds is 27. The summed E-state index contributed by atoms with van der Waals surface area (Å²) in [5.74, 6) is -2.12. The average Bonchev–Trinajstić information content (AvgIpc) is 4.16. The minimum absolute atomic E-state index is 0.0218. The van der Waals surface area contributed by atoms with Gasteiger partial charge in [0.1, 0.15) is 24.0 Å². The fraction of sp³-hybridized carbons (Fsp3) is 0.703. The first-order valence-corrected chi connectivity index (χ1v) is 31.3. The fourth-order valence-electron chi connectivity index (χ4n) is 11.4. The molecule has 0 spiro atoms. The predicted octanol–water partition coefficient (Wildman–Crippen LogP) is 8.50. The number of ketones is 2. The van der Waals surface area contributed by atoms with Gasteiger partial charge in [-0.05, 0) is 95.1 Å². The molecule has 0 saturated carbocycles. The third kappa shape index (κ3) is 20.0. The number of nitrogens with zero attached hydrogens (tertiary/aromatic N) is 3. The van der Waals surface area contributed by atoms with E-state index in [9.17, 15) is 43.8 Å². The monoisotopic (exact) mass is 1160 g/mol. The summed E-state index contributed by atoms with van der Waals surface area (Å²) >= 11 is 1.39. The van der Waals surface area contributed by atoms with Crippen LogP contribution in [0.3, 0.4) is 0 Å². The number of carbonyl (C=O) groups is 7. The first-order valence-electron chi connectivity index (χ1n) is 30.1. The van der Waals surface area contributed by atoms with Crippen molar-refractivity contribution in [2.45, 2.75) is 206 Å². The predicted molar refractivity (Wildman–Crippen MR) is 318 cm³/mol. The second kappa shape index (κ2) is 30.9. The van der Waals surface area contributed by atoms with Gasteiger partial charge in [-0.2, -0.15) is 11.8 Å². The summed E-state index contributed by atoms with van der Waals surface area (Å²) in [5, 5.41) is 24.1. The van der Waals surface area contributed by atoms with Gasteiger partial charge in [-0.15, -0.1) is 0 Å². The number of esters is 1. The van der Waals surface area contributed by atoms with Crippen LogP contribution in [-0.4, -0.2) is 172 Å². The number of amides is 4. The average molecular weight is 1160 g/mol. The SMILES string of the molecule is CC[C@H](O)[C@@H](C)[C@H]1O[C@@H]1C[C@@](C)(O)/C=C/C=C(\C)[C@H]1OC(=O)C[C@H](C)CC[C@@](C)(OC)[C@@H](OC(=O)N2CC[N+](C)(Cc3ccc(CC(=O)[C@H](C)NC(=O)[C@@H](CC(=O)CCCCCN4C(=O)CC(SC)C4=O)C(C)C)cc3)CC2)/C=C/[C@@H]1C. The van der Waals surface area contributed by atoms with Crippen LogP contribution in [0.25, 0.3) is 0 Å². The highest BCUT2D eigenvalue weighted by molar-refractivity contribution is 8.00. The van der Waals surface area contributed by atoms with Gasteiger partial charge in [0.25, 0.3) is 0 Å². The summed E-state index contributed by atoms with van der Waals surface area (Å²) in [6, 6.07) is 7.20. The molecule has 3 saturated heterocycles. The van der Waals surface area contributed by atoms with Crippen molar-refractivity contribution in [1.82, 2.24) is 15.1 Å². The normalized spacial score (nSPS) is 28.1. The van der Waals surface area contributed by atoms with E-state index in [2.05, 4.69) is 12.4 Å². The van der Waals surface area contributed by atoms with Crippen molar-refractivity contribution in [1.29, 1.82) is 0 Å². The Labute approximate surface area is 493 Å². The minimum Gasteiger partial charge on any atom is -0.457 e. The molecule has 4 heterocycles. The van der Waals surface area contributed by atoms with Crippen molar-refractivity contribution < 1.29 is 67.2 Å². The number of likely N-dealkylation sites (tertiary alicyclic amines) is 1. The first-order chi connectivity index (χ1) is 38.6. The van der Waals surface area contributed by atoms with Crippen LogP contribution in [0.2, 0.25) is 0 Å². The van der Waals surface area contributed by atoms with Gasteiger partial charge in [0.05, 0.1) is 68.4 Å². The molecular weight excluding hydrogens is 1060 g/mol. The Kier molecular flexibility index (Phi) is 25.6. The zero-order valence-electron chi connectivity index (χ0n) is 51.5. The molecular formula is C64H99N4O13S+. The Morgan fingerprint density at radius 1 is 1.00 bits per heavy atom. The molecule has 4 amide bonds. The maximum Gasteiger partial charge on any atom is 0.410 e. The fourth-order valence-corrected chi connectivity index (χ4v) is 12.1. The number of imide groups is 1. The van der Waals surface area contributed by atoms with Gasteiger partial charge in [0, 0.05) is 75.5 Å². The van der Waals surface area contributed by atoms with Crippen molar-refractivity contribution in [3.63, 3.8) is 0 Å². The number of unbranched alkanes of at least 4 members (excludes halogenated alkanes) is 2. The van der Waals surface area contributed by atoms with Crippen LogP contribution < -0.4 is 5.32 Å². The number of Topliss-reactive ketones (excluding diaryl/α,β-unsaturated/α-hetero) is 2. The lowest BCUT2D eigenvalue weighted by Crippen LogP contribution is -2.58. The van der Waals surface area contributed by atoms with Crippen LogP contribution in [0.5, 0.6) is 0 Å². The quantitative estimate of drug-likeness (QED) is 0.0143. The van der Waals surface area contributed by atoms with Gasteiger partial charge < -0.3 is 39.0 Å². The second-order valence-electron chi connectivity index (χ2n) is 25.2.